The number of aliphatic hydroxyl groups excluding tert-OH is 3. The van der Waals surface area contributed by atoms with Crippen LogP contribution in [0.25, 0.3) is 0 Å². The van der Waals surface area contributed by atoms with Gasteiger partial charge in [0.25, 0.3) is 0 Å². The molecule has 2 aliphatic heterocycles. The minimum Gasteiger partial charge on any atom is -0.388 e. The average molecular weight is 443 g/mol. The number of hydrogen-bond donors (Lipinski definition) is 5. The molecule has 0 bridgehead atoms. The Bertz CT molecular complexity index is 528. The molecule has 2 saturated heterocycles. The van der Waals surface area contributed by atoms with Crippen molar-refractivity contribution in [2.24, 2.45) is 0 Å². The van der Waals surface area contributed by atoms with Crippen LogP contribution in [0.5, 0.6) is 0 Å². The van der Waals surface area contributed by atoms with E-state index in [2.05, 4.69) is 10.6 Å². The first-order valence-electron chi connectivity index (χ1n) is 9.72. The highest BCUT2D eigenvalue weighted by Crippen LogP contribution is 2.32. The van der Waals surface area contributed by atoms with E-state index in [1.54, 1.807) is 13.2 Å². The van der Waals surface area contributed by atoms with Crippen molar-refractivity contribution in [3.63, 3.8) is 0 Å². The Morgan fingerprint density at radius 1 is 1.39 bits per heavy atom. The zero-order chi connectivity index (χ0) is 21.1. The lowest BCUT2D eigenvalue weighted by atomic mass is 9.85. The van der Waals surface area contributed by atoms with Crippen LogP contribution in [0, 0.1) is 0 Å². The number of ether oxygens (including phenoxy) is 1. The number of hydrogen-bond acceptors (Lipinski definition) is 7. The number of halogens is 2. The van der Waals surface area contributed by atoms with E-state index in [4.69, 9.17) is 16.3 Å². The molecule has 10 heteroatoms. The van der Waals surface area contributed by atoms with Gasteiger partial charge in [-0.25, -0.2) is 4.39 Å². The molecule has 5 N–H and O–H groups in total. The number of thioether (sulfide) groups is 1. The molecule has 1 amide bonds. The second-order valence-electron chi connectivity index (χ2n) is 7.75. The monoisotopic (exact) mass is 442 g/mol. The summed E-state index contributed by atoms with van der Waals surface area (Å²) in [4.78, 5) is 12.8. The molecule has 4 unspecified atom stereocenters. The minimum absolute atomic E-state index is 0.0684. The van der Waals surface area contributed by atoms with Crippen molar-refractivity contribution < 1.29 is 29.2 Å². The van der Waals surface area contributed by atoms with Crippen LogP contribution in [-0.4, -0.2) is 87.0 Å². The molecular formula is C18H32ClFN2O5S. The molecule has 2 rings (SSSR count). The van der Waals surface area contributed by atoms with Gasteiger partial charge in [0.2, 0.25) is 5.91 Å². The van der Waals surface area contributed by atoms with Crippen LogP contribution in [0.1, 0.15) is 39.5 Å². The molecule has 0 aromatic carbocycles. The molecule has 0 saturated carbocycles. The Labute approximate surface area is 174 Å². The summed E-state index contributed by atoms with van der Waals surface area (Å²) < 4.78 is 20.6. The number of carbonyl (C=O) groups excluding carboxylic acids is 1. The number of piperidine rings is 1. The molecule has 7 nitrogen and oxygen atoms in total. The highest BCUT2D eigenvalue weighted by molar-refractivity contribution is 7.99. The van der Waals surface area contributed by atoms with E-state index in [-0.39, 0.29) is 6.42 Å². The average Bonchev–Trinajstić information content (AvgIpc) is 2.64. The van der Waals surface area contributed by atoms with Gasteiger partial charge in [-0.05, 0) is 32.6 Å². The topological polar surface area (TPSA) is 111 Å². The normalized spacial score (nSPS) is 41.3. The number of aliphatic hydroxyl groups is 3. The van der Waals surface area contributed by atoms with Crippen LogP contribution in [0.15, 0.2) is 0 Å². The number of rotatable bonds is 7. The van der Waals surface area contributed by atoms with E-state index in [0.717, 1.165) is 0 Å². The summed E-state index contributed by atoms with van der Waals surface area (Å²) >= 11 is 7.44. The largest absolute Gasteiger partial charge is 0.388 e. The maximum absolute atomic E-state index is 14.9. The molecule has 164 valence electrons. The van der Waals surface area contributed by atoms with Crippen LogP contribution in [-0.2, 0) is 9.53 Å². The van der Waals surface area contributed by atoms with E-state index in [9.17, 15) is 24.5 Å². The zero-order valence-corrected chi connectivity index (χ0v) is 18.0. The zero-order valence-electron chi connectivity index (χ0n) is 16.5. The van der Waals surface area contributed by atoms with Gasteiger partial charge in [-0.3, -0.25) is 4.79 Å². The van der Waals surface area contributed by atoms with Gasteiger partial charge in [-0.15, -0.1) is 23.4 Å². The van der Waals surface area contributed by atoms with E-state index in [1.807, 2.05) is 6.92 Å². The van der Waals surface area contributed by atoms with Crippen molar-refractivity contribution in [2.75, 3.05) is 12.8 Å². The van der Waals surface area contributed by atoms with Crippen molar-refractivity contribution in [1.29, 1.82) is 0 Å². The molecule has 0 aliphatic carbocycles. The van der Waals surface area contributed by atoms with Crippen LogP contribution < -0.4 is 10.6 Å². The first-order chi connectivity index (χ1) is 13.1. The first-order valence-corrected chi connectivity index (χ1v) is 11.4. The predicted molar refractivity (Wildman–Crippen MR) is 107 cm³/mol. The van der Waals surface area contributed by atoms with Gasteiger partial charge in [0.1, 0.15) is 35.5 Å². The van der Waals surface area contributed by atoms with Gasteiger partial charge >= 0.3 is 0 Å². The molecule has 2 fully saturated rings. The standard InChI is InChI=1S/C18H32ClFN2O5S/c1-4-5-18(20)6-7-21-10(8-18)16(26)22-11(9(2)19)15-13(24)12(23)14(25)17(27-15)28-3/h9-15,17,21,23-25H,4-8H2,1-3H3,(H,22,26)/t9?,10?,11?,12-,13+,14+,15+,17+,18?/m0/s1. The third-order valence-electron chi connectivity index (χ3n) is 5.54. The smallest absolute Gasteiger partial charge is 0.237 e. The van der Waals surface area contributed by atoms with E-state index in [1.165, 1.54) is 11.8 Å². The van der Waals surface area contributed by atoms with Crippen molar-refractivity contribution in [3.8, 4) is 0 Å². The SMILES string of the molecule is CCCC1(F)CCNC(C(=O)NC(C(C)Cl)[C@H]2O[C@H](SC)[C@H](O)[C@@H](O)[C@H]2O)C1. The Balaban J connectivity index is 2.10. The lowest BCUT2D eigenvalue weighted by Gasteiger charge is -2.44. The van der Waals surface area contributed by atoms with E-state index in [0.29, 0.717) is 25.8 Å². The summed E-state index contributed by atoms with van der Waals surface area (Å²) in [6.45, 7) is 3.95. The summed E-state index contributed by atoms with van der Waals surface area (Å²) in [5.41, 5.74) is -2.15. The summed E-state index contributed by atoms with van der Waals surface area (Å²) in [6, 6.07) is -1.54. The van der Waals surface area contributed by atoms with Gasteiger partial charge < -0.3 is 30.7 Å². The summed E-state index contributed by atoms with van der Waals surface area (Å²) in [6.07, 6.45) is -1.89. The third kappa shape index (κ3) is 5.50. The molecule has 2 aliphatic rings. The lowest BCUT2D eigenvalue weighted by Crippen LogP contribution is -2.65. The Morgan fingerprint density at radius 3 is 2.64 bits per heavy atom. The molecule has 0 aromatic rings. The Hall–Kier alpha value is -0.160. The molecule has 0 spiro atoms. The first kappa shape index (κ1) is 24.1. The van der Waals surface area contributed by atoms with Gasteiger partial charge in [0.05, 0.1) is 17.5 Å². The number of amides is 1. The van der Waals surface area contributed by atoms with Crippen molar-refractivity contribution in [1.82, 2.24) is 10.6 Å². The van der Waals surface area contributed by atoms with Crippen LogP contribution >= 0.6 is 23.4 Å². The van der Waals surface area contributed by atoms with Gasteiger partial charge in [0.15, 0.2) is 0 Å². The fraction of sp³-hybridized carbons (Fsp3) is 0.944. The van der Waals surface area contributed by atoms with Gasteiger partial charge in [-0.2, -0.15) is 0 Å². The number of nitrogens with one attached hydrogen (secondary N) is 2. The van der Waals surface area contributed by atoms with Crippen molar-refractivity contribution in [2.45, 2.75) is 92.5 Å². The van der Waals surface area contributed by atoms with Crippen LogP contribution in [0.3, 0.4) is 0 Å². The quantitative estimate of drug-likeness (QED) is 0.366. The summed E-state index contributed by atoms with van der Waals surface area (Å²) in [5.74, 6) is -0.424. The maximum Gasteiger partial charge on any atom is 0.237 e. The Kier molecular flexibility index (Phi) is 8.82. The summed E-state index contributed by atoms with van der Waals surface area (Å²) in [7, 11) is 0. The highest BCUT2D eigenvalue weighted by Gasteiger charge is 2.48. The van der Waals surface area contributed by atoms with Crippen LogP contribution in [0.4, 0.5) is 4.39 Å². The van der Waals surface area contributed by atoms with Crippen molar-refractivity contribution >= 4 is 29.3 Å². The molecule has 0 radical (unpaired) electrons. The number of alkyl halides is 2. The second kappa shape index (κ2) is 10.2. The minimum atomic E-state index is -1.43. The molecule has 2 heterocycles. The van der Waals surface area contributed by atoms with Crippen molar-refractivity contribution in [3.05, 3.63) is 0 Å². The third-order valence-corrected chi connectivity index (χ3v) is 6.67. The predicted octanol–water partition coefficient (Wildman–Crippen LogP) is 0.530. The number of carbonyl (C=O) groups is 1. The fourth-order valence-corrected chi connectivity index (χ4v) is 4.85. The van der Waals surface area contributed by atoms with E-state index >= 15 is 0 Å². The maximum atomic E-state index is 14.9. The lowest BCUT2D eigenvalue weighted by molar-refractivity contribution is -0.205. The fourth-order valence-electron chi connectivity index (χ4n) is 3.96. The summed E-state index contributed by atoms with van der Waals surface area (Å²) in [5, 5.41) is 35.7. The Morgan fingerprint density at radius 2 is 2.07 bits per heavy atom. The van der Waals surface area contributed by atoms with Crippen LogP contribution in [0.2, 0.25) is 0 Å². The molecule has 9 atom stereocenters. The highest BCUT2D eigenvalue weighted by atomic mass is 35.5. The molecular weight excluding hydrogens is 411 g/mol. The van der Waals surface area contributed by atoms with E-state index < -0.39 is 58.9 Å². The molecule has 28 heavy (non-hydrogen) atoms. The van der Waals surface area contributed by atoms with Gasteiger partial charge in [0, 0.05) is 6.42 Å². The van der Waals surface area contributed by atoms with Gasteiger partial charge in [-0.1, -0.05) is 13.3 Å². The molecule has 0 aromatic heterocycles. The second-order valence-corrected chi connectivity index (χ2v) is 9.37.